The third-order valence-corrected chi connectivity index (χ3v) is 12.6. The molecule has 0 aliphatic heterocycles. The van der Waals surface area contributed by atoms with Crippen molar-refractivity contribution >= 4 is 10.1 Å². The molecule has 0 bridgehead atoms. The second-order valence-electron chi connectivity index (χ2n) is 13.0. The van der Waals surface area contributed by atoms with E-state index in [0.717, 1.165) is 10.8 Å². The zero-order chi connectivity index (χ0) is 24.3. The van der Waals surface area contributed by atoms with Gasteiger partial charge in [-0.05, 0) is 86.0 Å². The summed E-state index contributed by atoms with van der Waals surface area (Å²) in [5.41, 5.74) is 1.42. The van der Waals surface area contributed by atoms with Crippen LogP contribution in [-0.4, -0.2) is 15.5 Å². The maximum absolute atomic E-state index is 14.0. The van der Waals surface area contributed by atoms with E-state index in [4.69, 9.17) is 4.18 Å². The molecule has 35 heavy (non-hydrogen) atoms. The topological polar surface area (TPSA) is 43.4 Å². The van der Waals surface area contributed by atoms with Crippen molar-refractivity contribution in [3.05, 3.63) is 10.5 Å². The molecule has 4 fully saturated rings. The van der Waals surface area contributed by atoms with Crippen molar-refractivity contribution in [3.63, 3.8) is 0 Å². The molecule has 4 heteroatoms. The molecule has 0 aromatic carbocycles. The average Bonchev–Trinajstić information content (AvgIpc) is 2.94. The fourth-order valence-electron chi connectivity index (χ4n) is 9.54. The van der Waals surface area contributed by atoms with Gasteiger partial charge in [0, 0.05) is 5.92 Å². The predicted molar refractivity (Wildman–Crippen MR) is 144 cm³/mol. The van der Waals surface area contributed by atoms with E-state index in [0.29, 0.717) is 29.6 Å². The standard InChI is InChI=1S/C31H52O3S/c1-34-35(32,33)31-29(25-18-10-4-11-19-25)27(23-14-6-2-7-15-23)22-28(24-16-8-3-9-17-24)30(31)26-20-12-5-13-21-26/h23-29H,2-22H2,1H3. The Kier molecular flexibility index (Phi) is 9.01. The highest BCUT2D eigenvalue weighted by atomic mass is 32.2. The van der Waals surface area contributed by atoms with Crippen LogP contribution in [0.5, 0.6) is 0 Å². The van der Waals surface area contributed by atoms with E-state index in [1.54, 1.807) is 0 Å². The van der Waals surface area contributed by atoms with Crippen LogP contribution < -0.4 is 0 Å². The second-order valence-corrected chi connectivity index (χ2v) is 14.7. The first-order chi connectivity index (χ1) is 17.1. The Morgan fingerprint density at radius 1 is 0.600 bits per heavy atom. The van der Waals surface area contributed by atoms with Crippen LogP contribution in [0, 0.1) is 41.4 Å². The summed E-state index contributed by atoms with van der Waals surface area (Å²) in [7, 11) is -2.24. The minimum Gasteiger partial charge on any atom is -0.270 e. The smallest absolute Gasteiger partial charge is 0.270 e. The van der Waals surface area contributed by atoms with Crippen LogP contribution in [0.4, 0.5) is 0 Å². The van der Waals surface area contributed by atoms with Gasteiger partial charge in [-0.15, -0.1) is 0 Å². The molecule has 4 saturated carbocycles. The summed E-state index contributed by atoms with van der Waals surface area (Å²) < 4.78 is 33.6. The lowest BCUT2D eigenvalue weighted by Crippen LogP contribution is -2.44. The molecule has 0 aromatic rings. The Balaban J connectivity index is 1.65. The lowest BCUT2D eigenvalue weighted by atomic mass is 9.56. The van der Waals surface area contributed by atoms with Gasteiger partial charge < -0.3 is 0 Å². The van der Waals surface area contributed by atoms with Crippen molar-refractivity contribution in [1.82, 2.24) is 0 Å². The van der Waals surface area contributed by atoms with Crippen LogP contribution in [0.2, 0.25) is 0 Å². The van der Waals surface area contributed by atoms with Crippen molar-refractivity contribution in [1.29, 1.82) is 0 Å². The normalized spacial score (nSPS) is 33.8. The molecule has 0 N–H and O–H groups in total. The van der Waals surface area contributed by atoms with Crippen LogP contribution in [-0.2, 0) is 14.3 Å². The largest absolute Gasteiger partial charge is 0.293 e. The Morgan fingerprint density at radius 3 is 1.57 bits per heavy atom. The van der Waals surface area contributed by atoms with Crippen molar-refractivity contribution in [2.45, 2.75) is 135 Å². The Hall–Kier alpha value is -0.350. The number of hydrogen-bond acceptors (Lipinski definition) is 3. The fourth-order valence-corrected chi connectivity index (χ4v) is 11.0. The molecule has 0 amide bonds. The van der Waals surface area contributed by atoms with Crippen LogP contribution in [0.15, 0.2) is 10.5 Å². The Bertz CT molecular complexity index is 806. The summed E-state index contributed by atoms with van der Waals surface area (Å²) in [5.74, 6) is 3.70. The minimum absolute atomic E-state index is 0.222. The SMILES string of the molecule is COS(=O)(=O)C1=C(C2CCCCC2)C(C2CCCCC2)CC(C2CCCCC2)C1C1CCCCC1. The number of allylic oxidation sites excluding steroid dienone is 2. The van der Waals surface area contributed by atoms with Gasteiger partial charge in [-0.2, -0.15) is 8.42 Å². The van der Waals surface area contributed by atoms with E-state index in [-0.39, 0.29) is 5.92 Å². The zero-order valence-corrected chi connectivity index (χ0v) is 23.3. The van der Waals surface area contributed by atoms with Crippen LogP contribution >= 0.6 is 0 Å². The van der Waals surface area contributed by atoms with Gasteiger partial charge in [0.1, 0.15) is 0 Å². The number of rotatable bonds is 6. The van der Waals surface area contributed by atoms with E-state index in [1.165, 1.54) is 148 Å². The van der Waals surface area contributed by atoms with Gasteiger partial charge in [0.05, 0.1) is 12.0 Å². The monoisotopic (exact) mass is 504 g/mol. The second kappa shape index (κ2) is 12.0. The van der Waals surface area contributed by atoms with E-state index in [1.807, 2.05) is 0 Å². The molecule has 3 atom stereocenters. The summed E-state index contributed by atoms with van der Waals surface area (Å²) >= 11 is 0. The van der Waals surface area contributed by atoms with Gasteiger partial charge in [0.25, 0.3) is 10.1 Å². The van der Waals surface area contributed by atoms with Crippen molar-refractivity contribution in [2.75, 3.05) is 7.11 Å². The van der Waals surface area contributed by atoms with Gasteiger partial charge >= 0.3 is 0 Å². The van der Waals surface area contributed by atoms with Crippen LogP contribution in [0.1, 0.15) is 135 Å². The predicted octanol–water partition coefficient (Wildman–Crippen LogP) is 8.79. The highest BCUT2D eigenvalue weighted by Gasteiger charge is 2.50. The molecule has 5 aliphatic rings. The molecule has 0 saturated heterocycles. The first kappa shape index (κ1) is 26.3. The number of hydrogen-bond donors (Lipinski definition) is 0. The van der Waals surface area contributed by atoms with Gasteiger partial charge in [0.15, 0.2) is 0 Å². The lowest BCUT2D eigenvalue weighted by molar-refractivity contribution is 0.0785. The molecule has 0 heterocycles. The molecular formula is C31H52O3S. The Morgan fingerprint density at radius 2 is 1.06 bits per heavy atom. The van der Waals surface area contributed by atoms with Crippen LogP contribution in [0.3, 0.4) is 0 Å². The molecule has 5 aliphatic carbocycles. The van der Waals surface area contributed by atoms with Gasteiger partial charge in [0.2, 0.25) is 0 Å². The summed E-state index contributed by atoms with van der Waals surface area (Å²) in [5, 5.41) is 0. The lowest BCUT2D eigenvalue weighted by Gasteiger charge is -2.51. The van der Waals surface area contributed by atoms with Crippen molar-refractivity contribution in [2.24, 2.45) is 41.4 Å². The van der Waals surface area contributed by atoms with E-state index >= 15 is 0 Å². The van der Waals surface area contributed by atoms with Crippen molar-refractivity contribution < 1.29 is 12.6 Å². The van der Waals surface area contributed by atoms with E-state index < -0.39 is 10.1 Å². The summed E-state index contributed by atoms with van der Waals surface area (Å²) in [6.07, 6.45) is 27.3. The van der Waals surface area contributed by atoms with Gasteiger partial charge in [-0.1, -0.05) is 89.9 Å². The summed E-state index contributed by atoms with van der Waals surface area (Å²) in [6.45, 7) is 0. The molecule has 0 aromatic heterocycles. The quantitative estimate of drug-likeness (QED) is 0.339. The molecule has 5 rings (SSSR count). The third kappa shape index (κ3) is 5.74. The minimum atomic E-state index is -3.68. The van der Waals surface area contributed by atoms with Gasteiger partial charge in [-0.25, -0.2) is 0 Å². The molecule has 200 valence electrons. The molecule has 3 nitrogen and oxygen atoms in total. The first-order valence-electron chi connectivity index (χ1n) is 15.6. The molecule has 0 spiro atoms. The Labute approximate surface area is 216 Å². The average molecular weight is 505 g/mol. The summed E-state index contributed by atoms with van der Waals surface area (Å²) in [4.78, 5) is 0.858. The highest BCUT2D eigenvalue weighted by Crippen LogP contribution is 2.58. The van der Waals surface area contributed by atoms with E-state index in [9.17, 15) is 8.42 Å². The highest BCUT2D eigenvalue weighted by molar-refractivity contribution is 7.90. The molecule has 0 radical (unpaired) electrons. The summed E-state index contributed by atoms with van der Waals surface area (Å²) in [6, 6.07) is 0. The third-order valence-electron chi connectivity index (χ3n) is 11.1. The van der Waals surface area contributed by atoms with Gasteiger partial charge in [-0.3, -0.25) is 4.18 Å². The van der Waals surface area contributed by atoms with Crippen LogP contribution in [0.25, 0.3) is 0 Å². The maximum atomic E-state index is 14.0. The fraction of sp³-hybridized carbons (Fsp3) is 0.935. The van der Waals surface area contributed by atoms with Crippen molar-refractivity contribution in [3.8, 4) is 0 Å². The molecular weight excluding hydrogens is 452 g/mol. The maximum Gasteiger partial charge on any atom is 0.293 e. The zero-order valence-electron chi connectivity index (χ0n) is 22.5. The first-order valence-corrected chi connectivity index (χ1v) is 17.1. The van der Waals surface area contributed by atoms with E-state index in [2.05, 4.69) is 0 Å². The molecule has 3 unspecified atom stereocenters.